The summed E-state index contributed by atoms with van der Waals surface area (Å²) in [5.41, 5.74) is 0.290. The number of hydrogen-bond acceptors (Lipinski definition) is 1. The molecule has 1 atom stereocenters. The third-order valence-corrected chi connectivity index (χ3v) is 2.62. The lowest BCUT2D eigenvalue weighted by Gasteiger charge is -2.15. The van der Waals surface area contributed by atoms with Gasteiger partial charge in [0.15, 0.2) is 0 Å². The first-order valence-electron chi connectivity index (χ1n) is 4.58. The molecular formula is C11H11ClF2O. The number of halogens is 3. The highest BCUT2D eigenvalue weighted by Gasteiger charge is 2.19. The lowest BCUT2D eigenvalue weighted by atomic mass is 9.94. The van der Waals surface area contributed by atoms with Gasteiger partial charge in [0.2, 0.25) is 0 Å². The summed E-state index contributed by atoms with van der Waals surface area (Å²) in [6.07, 6.45) is -1.66. The van der Waals surface area contributed by atoms with Crippen molar-refractivity contribution in [1.29, 1.82) is 0 Å². The van der Waals surface area contributed by atoms with E-state index in [0.29, 0.717) is 5.56 Å². The minimum absolute atomic E-state index is 0.0558. The summed E-state index contributed by atoms with van der Waals surface area (Å²) in [7, 11) is 0. The quantitative estimate of drug-likeness (QED) is 0.718. The van der Waals surface area contributed by atoms with Gasteiger partial charge in [0.25, 0.3) is 6.43 Å². The first kappa shape index (κ1) is 12.1. The van der Waals surface area contributed by atoms with Crippen LogP contribution in [-0.2, 0) is 4.79 Å². The van der Waals surface area contributed by atoms with Crippen LogP contribution in [0.15, 0.2) is 18.2 Å². The fourth-order valence-electron chi connectivity index (χ4n) is 1.48. The molecule has 15 heavy (non-hydrogen) atoms. The largest absolute Gasteiger partial charge is 0.303 e. The molecule has 82 valence electrons. The zero-order chi connectivity index (χ0) is 11.4. The monoisotopic (exact) mass is 232 g/mol. The topological polar surface area (TPSA) is 17.1 Å². The molecule has 0 saturated carbocycles. The smallest absolute Gasteiger partial charge is 0.265 e. The van der Waals surface area contributed by atoms with Crippen LogP contribution in [0.25, 0.3) is 0 Å². The highest BCUT2D eigenvalue weighted by atomic mass is 35.5. The molecule has 1 nitrogen and oxygen atoms in total. The van der Waals surface area contributed by atoms with Gasteiger partial charge in [0.05, 0.1) is 0 Å². The third kappa shape index (κ3) is 2.75. The van der Waals surface area contributed by atoms with Crippen molar-refractivity contribution in [2.24, 2.45) is 0 Å². The normalized spacial score (nSPS) is 12.9. The van der Waals surface area contributed by atoms with Crippen LogP contribution in [0.4, 0.5) is 8.78 Å². The summed E-state index contributed by atoms with van der Waals surface area (Å²) in [5, 5.41) is 0.0558. The van der Waals surface area contributed by atoms with Crippen molar-refractivity contribution in [3.05, 3.63) is 34.3 Å². The number of carbonyl (C=O) groups excluding carboxylic acids is 1. The summed E-state index contributed by atoms with van der Waals surface area (Å²) in [5.74, 6) is -0.231. The lowest BCUT2D eigenvalue weighted by molar-refractivity contribution is -0.108. The van der Waals surface area contributed by atoms with Gasteiger partial charge in [-0.15, -0.1) is 0 Å². The predicted octanol–water partition coefficient (Wildman–Crippen LogP) is 3.97. The molecule has 4 heteroatoms. The Balaban J connectivity index is 3.16. The molecule has 1 aromatic carbocycles. The molecule has 0 N–H and O–H groups in total. The minimum Gasteiger partial charge on any atom is -0.303 e. The van der Waals surface area contributed by atoms with Gasteiger partial charge in [-0.2, -0.15) is 0 Å². The van der Waals surface area contributed by atoms with Crippen molar-refractivity contribution in [3.8, 4) is 0 Å². The van der Waals surface area contributed by atoms with E-state index < -0.39 is 6.43 Å². The van der Waals surface area contributed by atoms with Crippen molar-refractivity contribution < 1.29 is 13.6 Å². The molecule has 0 aliphatic carbocycles. The van der Waals surface area contributed by atoms with Gasteiger partial charge in [0.1, 0.15) is 6.29 Å². The zero-order valence-corrected chi connectivity index (χ0v) is 8.97. The average molecular weight is 233 g/mol. The van der Waals surface area contributed by atoms with Crippen molar-refractivity contribution in [2.75, 3.05) is 0 Å². The molecule has 0 amide bonds. The number of aldehydes is 1. The Bertz CT molecular complexity index is 352. The van der Waals surface area contributed by atoms with Crippen LogP contribution in [-0.4, -0.2) is 6.29 Å². The SMILES string of the molecule is CC(CC=O)c1cccc(Cl)c1C(F)F. The van der Waals surface area contributed by atoms with E-state index in [4.69, 9.17) is 11.6 Å². The van der Waals surface area contributed by atoms with Gasteiger partial charge in [-0.05, 0) is 17.5 Å². The fraction of sp³-hybridized carbons (Fsp3) is 0.364. The average Bonchev–Trinajstić information content (AvgIpc) is 2.17. The Morgan fingerprint density at radius 3 is 2.67 bits per heavy atom. The number of benzene rings is 1. The second-order valence-corrected chi connectivity index (χ2v) is 3.75. The van der Waals surface area contributed by atoms with Crippen LogP contribution in [0.5, 0.6) is 0 Å². The lowest BCUT2D eigenvalue weighted by Crippen LogP contribution is -2.01. The molecule has 0 bridgehead atoms. The van der Waals surface area contributed by atoms with Crippen LogP contribution in [0.2, 0.25) is 5.02 Å². The molecule has 0 heterocycles. The van der Waals surface area contributed by atoms with E-state index in [2.05, 4.69) is 0 Å². The van der Waals surface area contributed by atoms with E-state index >= 15 is 0 Å². The van der Waals surface area contributed by atoms with Crippen molar-refractivity contribution in [1.82, 2.24) is 0 Å². The van der Waals surface area contributed by atoms with E-state index in [1.807, 2.05) is 0 Å². The second kappa shape index (κ2) is 5.21. The molecule has 0 radical (unpaired) electrons. The Labute approximate surface area is 92.1 Å². The van der Waals surface area contributed by atoms with Gasteiger partial charge in [-0.25, -0.2) is 8.78 Å². The van der Waals surface area contributed by atoms with Crippen LogP contribution in [0, 0.1) is 0 Å². The van der Waals surface area contributed by atoms with Crippen molar-refractivity contribution in [3.63, 3.8) is 0 Å². The molecule has 1 rings (SSSR count). The van der Waals surface area contributed by atoms with Gasteiger partial charge in [-0.3, -0.25) is 0 Å². The van der Waals surface area contributed by atoms with E-state index in [0.717, 1.165) is 6.29 Å². The van der Waals surface area contributed by atoms with Crippen molar-refractivity contribution in [2.45, 2.75) is 25.7 Å². The zero-order valence-electron chi connectivity index (χ0n) is 8.21. The first-order chi connectivity index (χ1) is 7.07. The molecule has 0 fully saturated rings. The standard InChI is InChI=1S/C11H11ClF2O/c1-7(5-6-15)8-3-2-4-9(12)10(8)11(13)14/h2-4,6-7,11H,5H2,1H3. The molecule has 0 spiro atoms. The van der Waals surface area contributed by atoms with E-state index in [1.165, 1.54) is 6.07 Å². The first-order valence-corrected chi connectivity index (χ1v) is 4.95. The van der Waals surface area contributed by atoms with E-state index in [9.17, 15) is 13.6 Å². The number of rotatable bonds is 4. The third-order valence-electron chi connectivity index (χ3n) is 2.29. The Kier molecular flexibility index (Phi) is 4.21. The van der Waals surface area contributed by atoms with Crippen LogP contribution in [0.3, 0.4) is 0 Å². The highest BCUT2D eigenvalue weighted by molar-refractivity contribution is 6.31. The Morgan fingerprint density at radius 1 is 1.47 bits per heavy atom. The minimum atomic E-state index is -2.61. The summed E-state index contributed by atoms with van der Waals surface area (Å²) >= 11 is 5.70. The molecule has 1 unspecified atom stereocenters. The maximum absolute atomic E-state index is 12.7. The highest BCUT2D eigenvalue weighted by Crippen LogP contribution is 2.34. The van der Waals surface area contributed by atoms with E-state index in [-0.39, 0.29) is 22.9 Å². The van der Waals surface area contributed by atoms with Gasteiger partial charge < -0.3 is 4.79 Å². The molecule has 0 aliphatic heterocycles. The molecule has 0 aromatic heterocycles. The maximum atomic E-state index is 12.7. The van der Waals surface area contributed by atoms with Gasteiger partial charge in [0, 0.05) is 17.0 Å². The molecule has 0 saturated heterocycles. The summed E-state index contributed by atoms with van der Waals surface area (Å²) < 4.78 is 25.4. The molecule has 0 aliphatic rings. The number of hydrogen-bond donors (Lipinski definition) is 0. The summed E-state index contributed by atoms with van der Waals surface area (Å²) in [4.78, 5) is 10.3. The Morgan fingerprint density at radius 2 is 2.13 bits per heavy atom. The maximum Gasteiger partial charge on any atom is 0.265 e. The summed E-state index contributed by atoms with van der Waals surface area (Å²) in [6.45, 7) is 1.73. The fourth-order valence-corrected chi connectivity index (χ4v) is 1.75. The van der Waals surface area contributed by atoms with Gasteiger partial charge in [-0.1, -0.05) is 30.7 Å². The van der Waals surface area contributed by atoms with E-state index in [1.54, 1.807) is 19.1 Å². The predicted molar refractivity (Wildman–Crippen MR) is 55.5 cm³/mol. The number of carbonyl (C=O) groups is 1. The molecular weight excluding hydrogens is 222 g/mol. The number of alkyl halides is 2. The summed E-state index contributed by atoms with van der Waals surface area (Å²) in [6, 6.07) is 4.63. The van der Waals surface area contributed by atoms with Gasteiger partial charge >= 0.3 is 0 Å². The second-order valence-electron chi connectivity index (χ2n) is 3.35. The van der Waals surface area contributed by atoms with Crippen LogP contribution in [0.1, 0.15) is 36.8 Å². The molecule has 1 aromatic rings. The van der Waals surface area contributed by atoms with Crippen LogP contribution < -0.4 is 0 Å². The Hall–Kier alpha value is -0.960. The van der Waals surface area contributed by atoms with Crippen LogP contribution >= 0.6 is 11.6 Å². The van der Waals surface area contributed by atoms with Crippen molar-refractivity contribution >= 4 is 17.9 Å².